The number of nitrogens with two attached hydrogens (primary N) is 2. The fraction of sp³-hybridized carbons (Fsp3) is 0.148. The minimum atomic E-state index is -0.833. The molecule has 0 aliphatic heterocycles. The molecule has 0 aliphatic rings. The van der Waals surface area contributed by atoms with E-state index in [1.54, 1.807) is 36.4 Å². The number of aromatic nitrogens is 3. The van der Waals surface area contributed by atoms with Crippen molar-refractivity contribution in [2.45, 2.75) is 13.3 Å². The van der Waals surface area contributed by atoms with Gasteiger partial charge in [0.05, 0.1) is 25.5 Å². The number of halogens is 1. The number of aliphatic carboxylic acids is 1. The van der Waals surface area contributed by atoms with Gasteiger partial charge in [-0.2, -0.15) is 4.68 Å². The molecule has 1 amide bonds. The third-order valence-corrected chi connectivity index (χ3v) is 5.57. The summed E-state index contributed by atoms with van der Waals surface area (Å²) in [7, 11) is 2.80. The zero-order valence-corrected chi connectivity index (χ0v) is 22.3. The molecule has 3 aromatic carbocycles. The molecule has 0 aliphatic carbocycles. The van der Waals surface area contributed by atoms with Crippen LogP contribution < -0.4 is 31.9 Å². The first-order chi connectivity index (χ1) is 19.5. The maximum Gasteiger partial charge on any atom is 0.348 e. The summed E-state index contributed by atoms with van der Waals surface area (Å²) in [6, 6.07) is 14.2. The third kappa shape index (κ3) is 7.06. The number of amides is 1. The molecule has 4 rings (SSSR count). The Balaban J connectivity index is 0.00000108. The summed E-state index contributed by atoms with van der Waals surface area (Å²) in [6.07, 6.45) is -0.106. The Bertz CT molecular complexity index is 1640. The van der Waals surface area contributed by atoms with E-state index in [1.807, 2.05) is 0 Å². The first kappa shape index (κ1) is 29.9. The highest BCUT2D eigenvalue weighted by atomic mass is 19.1. The molecule has 0 radical (unpaired) electrons. The van der Waals surface area contributed by atoms with Crippen molar-refractivity contribution in [2.75, 3.05) is 19.5 Å². The van der Waals surface area contributed by atoms with Crippen molar-refractivity contribution in [1.82, 2.24) is 14.8 Å². The number of nitrogens with one attached hydrogen (secondary N) is 3. The number of nitrogens with zero attached hydrogens (tertiary/aromatic N) is 2. The molecule has 0 bridgehead atoms. The van der Waals surface area contributed by atoms with Crippen LogP contribution >= 0.6 is 0 Å². The predicted molar refractivity (Wildman–Crippen MR) is 149 cm³/mol. The lowest BCUT2D eigenvalue weighted by Gasteiger charge is -2.18. The van der Waals surface area contributed by atoms with Crippen molar-refractivity contribution in [3.05, 3.63) is 93.4 Å². The average Bonchev–Trinajstić information content (AvgIpc) is 3.30. The van der Waals surface area contributed by atoms with Crippen molar-refractivity contribution in [3.8, 4) is 17.2 Å². The van der Waals surface area contributed by atoms with Crippen molar-refractivity contribution in [3.63, 3.8) is 0 Å². The number of nitrogen functional groups attached to an aromatic ring is 1. The maximum absolute atomic E-state index is 15.8. The van der Waals surface area contributed by atoms with Crippen LogP contribution in [0, 0.1) is 11.2 Å². The summed E-state index contributed by atoms with van der Waals surface area (Å²) in [5, 5.41) is 22.2. The number of primary amides is 1. The maximum atomic E-state index is 15.8. The van der Waals surface area contributed by atoms with Crippen LogP contribution in [0.5, 0.6) is 11.5 Å². The minimum Gasteiger partial charge on any atom is -0.493 e. The Labute approximate surface area is 233 Å². The minimum absolute atomic E-state index is 0.00767. The molecule has 1 aromatic heterocycles. The molecule has 0 spiro atoms. The van der Waals surface area contributed by atoms with Gasteiger partial charge in [0.15, 0.2) is 17.3 Å². The van der Waals surface area contributed by atoms with Crippen LogP contribution in [0.4, 0.5) is 15.8 Å². The van der Waals surface area contributed by atoms with Gasteiger partial charge in [-0.25, -0.2) is 9.18 Å². The monoisotopic (exact) mass is 565 g/mol. The quantitative estimate of drug-likeness (QED) is 0.130. The van der Waals surface area contributed by atoms with E-state index in [9.17, 15) is 9.59 Å². The van der Waals surface area contributed by atoms with E-state index < -0.39 is 23.4 Å². The van der Waals surface area contributed by atoms with E-state index in [-0.39, 0.29) is 52.1 Å². The van der Waals surface area contributed by atoms with Gasteiger partial charge in [-0.15, -0.1) is 5.10 Å². The van der Waals surface area contributed by atoms with Crippen LogP contribution in [0.25, 0.3) is 5.69 Å². The second-order valence-corrected chi connectivity index (χ2v) is 8.44. The van der Waals surface area contributed by atoms with E-state index in [0.29, 0.717) is 11.3 Å². The van der Waals surface area contributed by atoms with Gasteiger partial charge in [0, 0.05) is 30.2 Å². The molecule has 41 heavy (non-hydrogen) atoms. The van der Waals surface area contributed by atoms with Gasteiger partial charge >= 0.3 is 5.69 Å². The number of para-hydroxylation sites is 1. The predicted octanol–water partition coefficient (Wildman–Crippen LogP) is 2.53. The number of carboxylic acids is 1. The molecule has 8 N–H and O–H groups in total. The molecule has 0 unspecified atom stereocenters. The molecule has 0 fully saturated rings. The van der Waals surface area contributed by atoms with Crippen molar-refractivity contribution < 1.29 is 28.6 Å². The fourth-order valence-electron chi connectivity index (χ4n) is 3.80. The number of rotatable bonds is 9. The molecule has 0 saturated heterocycles. The fourth-order valence-corrected chi connectivity index (χ4v) is 3.80. The molecule has 4 aromatic rings. The highest BCUT2D eigenvalue weighted by molar-refractivity contribution is 5.96. The standard InChI is InChI=1S/C25H24FN7O4.C2H4O2/c1-36-18-11-14(12-19-31-25(35)33(32-19)17-6-4-3-5-16(17)24(29)34)20(26)21(22(18)37-2)30-15-9-7-13(8-10-15)23(27)28;1-2(3)4/h3-11,30H,12H2,1-2H3,(H3,27,28)(H2,29,34)(H,31,32,35);1H3,(H,3,4). The van der Waals surface area contributed by atoms with E-state index >= 15 is 4.39 Å². The number of carbonyl (C=O) groups is 2. The SMILES string of the molecule is CC(=O)O.COc1cc(Cc2nn(-c3ccccc3C(N)=O)c(=O)[nH]2)c(F)c(Nc2ccc(C(=N)N)cc2)c1OC. The molecule has 13 nitrogen and oxygen atoms in total. The van der Waals surface area contributed by atoms with Crippen molar-refractivity contribution >= 4 is 29.1 Å². The molecule has 1 heterocycles. The van der Waals surface area contributed by atoms with Gasteiger partial charge in [0.1, 0.15) is 17.3 Å². The summed E-state index contributed by atoms with van der Waals surface area (Å²) in [5.74, 6) is -1.76. The second-order valence-electron chi connectivity index (χ2n) is 8.44. The van der Waals surface area contributed by atoms with Crippen LogP contribution in [0.15, 0.2) is 59.4 Å². The van der Waals surface area contributed by atoms with Crippen molar-refractivity contribution in [1.29, 1.82) is 5.41 Å². The second kappa shape index (κ2) is 12.9. The molecular weight excluding hydrogens is 537 g/mol. The molecular formula is C27H28FN7O6. The largest absolute Gasteiger partial charge is 0.493 e. The average molecular weight is 566 g/mol. The van der Waals surface area contributed by atoms with E-state index in [2.05, 4.69) is 15.4 Å². The van der Waals surface area contributed by atoms with Gasteiger partial charge in [-0.05, 0) is 42.5 Å². The topological polar surface area (TPSA) is 211 Å². The van der Waals surface area contributed by atoms with E-state index in [4.69, 9.17) is 36.3 Å². The zero-order valence-electron chi connectivity index (χ0n) is 22.3. The summed E-state index contributed by atoms with van der Waals surface area (Å²) in [6.45, 7) is 1.08. The first-order valence-electron chi connectivity index (χ1n) is 11.9. The number of benzene rings is 3. The Morgan fingerprint density at radius 1 is 1.12 bits per heavy atom. The van der Waals surface area contributed by atoms with Crippen LogP contribution in [-0.4, -0.2) is 51.8 Å². The highest BCUT2D eigenvalue weighted by Crippen LogP contribution is 2.41. The Morgan fingerprint density at radius 2 is 1.76 bits per heavy atom. The summed E-state index contributed by atoms with van der Waals surface area (Å²) in [4.78, 5) is 36.0. The summed E-state index contributed by atoms with van der Waals surface area (Å²) < 4.78 is 27.6. The van der Waals surface area contributed by atoms with Gasteiger partial charge in [-0.3, -0.25) is 20.0 Å². The molecule has 214 valence electrons. The van der Waals surface area contributed by atoms with Gasteiger partial charge in [0.25, 0.3) is 11.9 Å². The Kier molecular flexibility index (Phi) is 9.42. The van der Waals surface area contributed by atoms with Crippen LogP contribution in [0.2, 0.25) is 0 Å². The normalized spacial score (nSPS) is 10.2. The number of hydrogen-bond acceptors (Lipinski definition) is 8. The lowest BCUT2D eigenvalue weighted by atomic mass is 10.1. The van der Waals surface area contributed by atoms with Crippen LogP contribution in [0.1, 0.15) is 34.2 Å². The highest BCUT2D eigenvalue weighted by Gasteiger charge is 2.22. The molecule has 0 atom stereocenters. The number of carbonyl (C=O) groups excluding carboxylic acids is 1. The number of H-pyrrole nitrogens is 1. The lowest BCUT2D eigenvalue weighted by Crippen LogP contribution is -2.21. The Hall–Kier alpha value is -5.66. The first-order valence-corrected chi connectivity index (χ1v) is 11.9. The molecule has 14 heteroatoms. The number of anilines is 2. The molecule has 0 saturated carbocycles. The number of aromatic amines is 1. The van der Waals surface area contributed by atoms with Gasteiger partial charge in [0.2, 0.25) is 0 Å². The number of ether oxygens (including phenoxy) is 2. The van der Waals surface area contributed by atoms with Gasteiger partial charge in [-0.1, -0.05) is 12.1 Å². The number of methoxy groups -OCH3 is 2. The van der Waals surface area contributed by atoms with E-state index in [0.717, 1.165) is 11.6 Å². The summed E-state index contributed by atoms with van der Waals surface area (Å²) >= 11 is 0. The smallest absolute Gasteiger partial charge is 0.348 e. The third-order valence-electron chi connectivity index (χ3n) is 5.57. The van der Waals surface area contributed by atoms with Gasteiger partial charge < -0.3 is 31.4 Å². The number of hydrogen-bond donors (Lipinski definition) is 6. The lowest BCUT2D eigenvalue weighted by molar-refractivity contribution is -0.134. The van der Waals surface area contributed by atoms with Crippen LogP contribution in [0.3, 0.4) is 0 Å². The summed E-state index contributed by atoms with van der Waals surface area (Å²) in [5.41, 5.74) is 11.8. The van der Waals surface area contributed by atoms with Crippen LogP contribution in [-0.2, 0) is 11.2 Å². The number of amidine groups is 1. The Morgan fingerprint density at radius 3 is 2.32 bits per heavy atom. The number of carboxylic acid groups (broad SMARTS) is 1. The van der Waals surface area contributed by atoms with Crippen molar-refractivity contribution in [2.24, 2.45) is 11.5 Å². The zero-order chi connectivity index (χ0) is 30.3. The van der Waals surface area contributed by atoms with E-state index in [1.165, 1.54) is 32.4 Å².